The molecule has 2 aromatic rings. The fourth-order valence-corrected chi connectivity index (χ4v) is 1.93. The molecule has 1 aromatic heterocycles. The molecule has 6 heteroatoms. The van der Waals surface area contributed by atoms with Crippen molar-refractivity contribution in [2.45, 2.75) is 0 Å². The zero-order valence-corrected chi connectivity index (χ0v) is 13.0. The molecule has 0 aliphatic heterocycles. The number of rotatable bonds is 5. The maximum atomic E-state index is 12.2. The predicted molar refractivity (Wildman–Crippen MR) is 88.1 cm³/mol. The first-order valence-electron chi connectivity index (χ1n) is 6.61. The molecule has 1 N–H and O–H groups in total. The molecule has 0 aliphatic carbocycles. The number of anilines is 1. The van der Waals surface area contributed by atoms with Gasteiger partial charge in [0.1, 0.15) is 23.2 Å². The standard InChI is InChI=1S/C17H13ClN2O3/c1-22-16-8-7-13(18)10-15(16)20-17(21)12(11-19)4-2-5-14-6-3-9-23-14/h2-10H,1H3,(H,20,21)/b5-2+,12-4+. The third-order valence-electron chi connectivity index (χ3n) is 2.84. The molecular weight excluding hydrogens is 316 g/mol. The third kappa shape index (κ3) is 4.50. The van der Waals surface area contributed by atoms with Crippen LogP contribution in [-0.2, 0) is 4.79 Å². The Labute approximate surface area is 138 Å². The maximum Gasteiger partial charge on any atom is 0.266 e. The Morgan fingerprint density at radius 3 is 2.91 bits per heavy atom. The SMILES string of the molecule is COc1ccc(Cl)cc1NC(=O)/C(C#N)=C/C=C/c1ccco1. The Bertz CT molecular complexity index is 787. The van der Waals surface area contributed by atoms with Crippen molar-refractivity contribution in [2.24, 2.45) is 0 Å². The van der Waals surface area contributed by atoms with Gasteiger partial charge in [0.15, 0.2) is 0 Å². The second-order valence-corrected chi connectivity index (χ2v) is 4.80. The lowest BCUT2D eigenvalue weighted by molar-refractivity contribution is -0.112. The van der Waals surface area contributed by atoms with Crippen LogP contribution in [0.4, 0.5) is 5.69 Å². The van der Waals surface area contributed by atoms with Gasteiger partial charge >= 0.3 is 0 Å². The first-order chi connectivity index (χ1) is 11.1. The molecule has 1 amide bonds. The second-order valence-electron chi connectivity index (χ2n) is 4.37. The number of methoxy groups -OCH3 is 1. The lowest BCUT2D eigenvalue weighted by Crippen LogP contribution is -2.14. The molecule has 5 nitrogen and oxygen atoms in total. The molecule has 0 bridgehead atoms. The number of carbonyl (C=O) groups excluding carboxylic acids is 1. The number of allylic oxidation sites excluding steroid dienone is 2. The Kier molecular flexibility index (Phi) is 5.61. The quantitative estimate of drug-likeness (QED) is 0.510. The van der Waals surface area contributed by atoms with Gasteiger partial charge in [-0.25, -0.2) is 0 Å². The smallest absolute Gasteiger partial charge is 0.266 e. The summed E-state index contributed by atoms with van der Waals surface area (Å²) in [4.78, 5) is 12.2. The van der Waals surface area contributed by atoms with E-state index in [4.69, 9.17) is 26.0 Å². The number of hydrogen-bond donors (Lipinski definition) is 1. The van der Waals surface area contributed by atoms with Crippen molar-refractivity contribution in [2.75, 3.05) is 12.4 Å². The number of carbonyl (C=O) groups is 1. The van der Waals surface area contributed by atoms with Gasteiger partial charge < -0.3 is 14.5 Å². The first-order valence-corrected chi connectivity index (χ1v) is 6.98. The van der Waals surface area contributed by atoms with E-state index in [9.17, 15) is 4.79 Å². The fourth-order valence-electron chi connectivity index (χ4n) is 1.76. The molecule has 1 aromatic carbocycles. The number of halogens is 1. The van der Waals surface area contributed by atoms with Crippen molar-refractivity contribution < 1.29 is 13.9 Å². The highest BCUT2D eigenvalue weighted by molar-refractivity contribution is 6.31. The van der Waals surface area contributed by atoms with Crippen LogP contribution in [-0.4, -0.2) is 13.0 Å². The highest BCUT2D eigenvalue weighted by Crippen LogP contribution is 2.27. The number of nitrogens with zero attached hydrogens (tertiary/aromatic N) is 1. The van der Waals surface area contributed by atoms with E-state index in [-0.39, 0.29) is 5.57 Å². The molecule has 0 atom stereocenters. The Balaban J connectivity index is 2.14. The van der Waals surface area contributed by atoms with Gasteiger partial charge in [-0.15, -0.1) is 0 Å². The second kappa shape index (κ2) is 7.87. The lowest BCUT2D eigenvalue weighted by Gasteiger charge is -2.09. The number of benzene rings is 1. The summed E-state index contributed by atoms with van der Waals surface area (Å²) in [6.45, 7) is 0. The summed E-state index contributed by atoms with van der Waals surface area (Å²) >= 11 is 5.90. The average Bonchev–Trinajstić information content (AvgIpc) is 3.05. The van der Waals surface area contributed by atoms with Crippen molar-refractivity contribution in [3.05, 3.63) is 65.1 Å². The molecule has 0 radical (unpaired) electrons. The molecule has 23 heavy (non-hydrogen) atoms. The van der Waals surface area contributed by atoms with E-state index in [2.05, 4.69) is 5.32 Å². The number of hydrogen-bond acceptors (Lipinski definition) is 4. The van der Waals surface area contributed by atoms with Crippen LogP contribution in [0.2, 0.25) is 5.02 Å². The van der Waals surface area contributed by atoms with Crippen molar-refractivity contribution in [3.8, 4) is 11.8 Å². The van der Waals surface area contributed by atoms with E-state index in [0.717, 1.165) is 0 Å². The van der Waals surface area contributed by atoms with Gasteiger partial charge in [0, 0.05) is 5.02 Å². The van der Waals surface area contributed by atoms with Crippen LogP contribution in [0.1, 0.15) is 5.76 Å². The number of ether oxygens (including phenoxy) is 1. The van der Waals surface area contributed by atoms with Crippen LogP contribution in [0, 0.1) is 11.3 Å². The average molecular weight is 329 g/mol. The van der Waals surface area contributed by atoms with Crippen molar-refractivity contribution >= 4 is 29.3 Å². The normalized spacial score (nSPS) is 11.3. The minimum absolute atomic E-state index is 0.0603. The highest BCUT2D eigenvalue weighted by Gasteiger charge is 2.12. The molecule has 2 rings (SSSR count). The van der Waals surface area contributed by atoms with E-state index in [1.165, 1.54) is 19.4 Å². The van der Waals surface area contributed by atoms with Gasteiger partial charge in [0.2, 0.25) is 0 Å². The molecule has 0 saturated carbocycles. The van der Waals surface area contributed by atoms with Crippen LogP contribution in [0.5, 0.6) is 5.75 Å². The zero-order chi connectivity index (χ0) is 16.7. The Morgan fingerprint density at radius 1 is 1.43 bits per heavy atom. The minimum Gasteiger partial charge on any atom is -0.495 e. The third-order valence-corrected chi connectivity index (χ3v) is 3.08. The summed E-state index contributed by atoms with van der Waals surface area (Å²) in [5.41, 5.74) is 0.330. The van der Waals surface area contributed by atoms with Crippen molar-refractivity contribution in [1.29, 1.82) is 5.26 Å². The lowest BCUT2D eigenvalue weighted by atomic mass is 10.2. The summed E-state index contributed by atoms with van der Waals surface area (Å²) in [7, 11) is 1.48. The first kappa shape index (κ1) is 16.4. The highest BCUT2D eigenvalue weighted by atomic mass is 35.5. The van der Waals surface area contributed by atoms with Gasteiger partial charge in [-0.1, -0.05) is 17.7 Å². The number of nitrogens with one attached hydrogen (secondary N) is 1. The Hall–Kier alpha value is -2.97. The molecule has 0 aliphatic rings. The van der Waals surface area contributed by atoms with Crippen LogP contribution < -0.4 is 10.1 Å². The van der Waals surface area contributed by atoms with E-state index >= 15 is 0 Å². The van der Waals surface area contributed by atoms with E-state index in [1.807, 2.05) is 6.07 Å². The Morgan fingerprint density at radius 2 is 2.26 bits per heavy atom. The molecule has 0 unspecified atom stereocenters. The molecule has 0 fully saturated rings. The molecule has 0 saturated heterocycles. The van der Waals surface area contributed by atoms with E-state index < -0.39 is 5.91 Å². The van der Waals surface area contributed by atoms with Crippen LogP contribution >= 0.6 is 11.6 Å². The molecular formula is C17H13ClN2O3. The van der Waals surface area contributed by atoms with E-state index in [1.54, 1.807) is 42.5 Å². The fraction of sp³-hybridized carbons (Fsp3) is 0.0588. The summed E-state index contributed by atoms with van der Waals surface area (Å²) in [6.07, 6.45) is 6.14. The summed E-state index contributed by atoms with van der Waals surface area (Å²) in [5.74, 6) is 0.513. The number of amides is 1. The van der Waals surface area contributed by atoms with Crippen LogP contribution in [0.25, 0.3) is 6.08 Å². The minimum atomic E-state index is -0.558. The van der Waals surface area contributed by atoms with Crippen molar-refractivity contribution in [3.63, 3.8) is 0 Å². The number of nitriles is 1. The van der Waals surface area contributed by atoms with Gasteiger partial charge in [-0.05, 0) is 42.5 Å². The van der Waals surface area contributed by atoms with Crippen molar-refractivity contribution in [1.82, 2.24) is 0 Å². The predicted octanol–water partition coefficient (Wildman–Crippen LogP) is 4.04. The maximum absolute atomic E-state index is 12.2. The van der Waals surface area contributed by atoms with Gasteiger partial charge in [-0.2, -0.15) is 5.26 Å². The monoisotopic (exact) mass is 328 g/mol. The summed E-state index contributed by atoms with van der Waals surface area (Å²) in [5, 5.41) is 12.2. The van der Waals surface area contributed by atoms with Gasteiger partial charge in [0.05, 0.1) is 19.1 Å². The van der Waals surface area contributed by atoms with Crippen LogP contribution in [0.15, 0.2) is 58.7 Å². The largest absolute Gasteiger partial charge is 0.495 e. The van der Waals surface area contributed by atoms with Crippen LogP contribution in [0.3, 0.4) is 0 Å². The summed E-state index contributed by atoms with van der Waals surface area (Å²) in [6, 6.07) is 10.2. The summed E-state index contributed by atoms with van der Waals surface area (Å²) < 4.78 is 10.3. The number of furan rings is 1. The molecule has 116 valence electrons. The van der Waals surface area contributed by atoms with Gasteiger partial charge in [-0.3, -0.25) is 4.79 Å². The van der Waals surface area contributed by atoms with E-state index in [0.29, 0.717) is 22.2 Å². The molecule has 1 heterocycles. The topological polar surface area (TPSA) is 75.3 Å². The molecule has 0 spiro atoms. The van der Waals surface area contributed by atoms with Gasteiger partial charge in [0.25, 0.3) is 5.91 Å². The zero-order valence-electron chi connectivity index (χ0n) is 12.2.